The van der Waals surface area contributed by atoms with Crippen molar-refractivity contribution in [1.29, 1.82) is 0 Å². The van der Waals surface area contributed by atoms with Crippen LogP contribution in [0.5, 0.6) is 0 Å². The minimum atomic E-state index is -0.373. The summed E-state index contributed by atoms with van der Waals surface area (Å²) < 4.78 is 18.3. The summed E-state index contributed by atoms with van der Waals surface area (Å²) in [6, 6.07) is 4.90. The summed E-state index contributed by atoms with van der Waals surface area (Å²) in [6.45, 7) is 1.35. The van der Waals surface area contributed by atoms with Gasteiger partial charge in [-0.2, -0.15) is 12.6 Å². The van der Waals surface area contributed by atoms with Crippen molar-refractivity contribution in [2.45, 2.75) is 11.8 Å². The molecule has 0 radical (unpaired) electrons. The highest BCUT2D eigenvalue weighted by Gasteiger charge is 2.39. The van der Waals surface area contributed by atoms with Gasteiger partial charge in [0.05, 0.1) is 18.2 Å². The molecule has 0 saturated carbocycles. The lowest BCUT2D eigenvalue weighted by atomic mass is 9.76. The summed E-state index contributed by atoms with van der Waals surface area (Å²) in [7, 11) is 0. The Bertz CT molecular complexity index is 366. The Kier molecular flexibility index (Phi) is 3.24. The topological polar surface area (TPSA) is 9.23 Å². The predicted octanol–water partition coefficient (Wildman–Crippen LogP) is 3.07. The Labute approximate surface area is 99.0 Å². The zero-order valence-corrected chi connectivity index (χ0v) is 9.82. The summed E-state index contributed by atoms with van der Waals surface area (Å²) in [4.78, 5) is 0. The molecule has 1 aromatic rings. The molecule has 0 unspecified atom stereocenters. The first-order valence-corrected chi connectivity index (χ1v) is 5.83. The second-order valence-electron chi connectivity index (χ2n) is 3.88. The number of benzene rings is 1. The summed E-state index contributed by atoms with van der Waals surface area (Å²) in [5, 5.41) is 0.179. The van der Waals surface area contributed by atoms with E-state index in [9.17, 15) is 4.39 Å². The van der Waals surface area contributed by atoms with Gasteiger partial charge in [0.15, 0.2) is 0 Å². The summed E-state index contributed by atoms with van der Waals surface area (Å²) in [6.07, 6.45) is 0.929. The second kappa shape index (κ2) is 4.32. The van der Waals surface area contributed by atoms with E-state index in [1.807, 2.05) is 0 Å². The molecule has 0 atom stereocenters. The Morgan fingerprint density at radius 1 is 1.47 bits per heavy atom. The first kappa shape index (κ1) is 11.2. The number of hydrogen-bond acceptors (Lipinski definition) is 2. The van der Waals surface area contributed by atoms with Crippen molar-refractivity contribution in [3.8, 4) is 0 Å². The van der Waals surface area contributed by atoms with Crippen LogP contribution in [-0.4, -0.2) is 19.0 Å². The number of hydrogen-bond donors (Lipinski definition) is 1. The molecule has 0 bridgehead atoms. The molecule has 0 aromatic heterocycles. The van der Waals surface area contributed by atoms with Crippen LogP contribution in [-0.2, 0) is 10.2 Å². The fourth-order valence-electron chi connectivity index (χ4n) is 1.84. The minimum absolute atomic E-state index is 0.000903. The first-order valence-electron chi connectivity index (χ1n) is 4.82. The molecule has 2 rings (SSSR count). The molecule has 1 saturated heterocycles. The van der Waals surface area contributed by atoms with E-state index in [1.54, 1.807) is 12.1 Å². The van der Waals surface area contributed by atoms with Crippen LogP contribution in [0.3, 0.4) is 0 Å². The summed E-state index contributed by atoms with van der Waals surface area (Å²) in [5.41, 5.74) is 1.05. The Hall–Kier alpha value is -0.250. The van der Waals surface area contributed by atoms with Crippen LogP contribution in [0.4, 0.5) is 4.39 Å². The van der Waals surface area contributed by atoms with Gasteiger partial charge < -0.3 is 4.74 Å². The first-order chi connectivity index (χ1) is 7.18. The molecule has 1 fully saturated rings. The molecule has 15 heavy (non-hydrogen) atoms. The normalized spacial score (nSPS) is 18.6. The van der Waals surface area contributed by atoms with E-state index in [1.165, 1.54) is 6.07 Å². The molecule has 0 amide bonds. The van der Waals surface area contributed by atoms with Crippen molar-refractivity contribution in [1.82, 2.24) is 0 Å². The van der Waals surface area contributed by atoms with E-state index < -0.39 is 0 Å². The van der Waals surface area contributed by atoms with E-state index in [-0.39, 0.29) is 16.3 Å². The lowest BCUT2D eigenvalue weighted by molar-refractivity contribution is -0.0614. The number of thiol groups is 1. The van der Waals surface area contributed by atoms with Crippen LogP contribution in [0.2, 0.25) is 5.02 Å². The van der Waals surface area contributed by atoms with E-state index in [4.69, 9.17) is 16.3 Å². The molecule has 1 heterocycles. The van der Waals surface area contributed by atoms with Crippen LogP contribution in [0.25, 0.3) is 0 Å². The average Bonchev–Trinajstić information content (AvgIpc) is 2.16. The lowest BCUT2D eigenvalue weighted by Gasteiger charge is -2.42. The molecule has 1 nitrogen and oxygen atoms in total. The maximum Gasteiger partial charge on any atom is 0.141 e. The van der Waals surface area contributed by atoms with Gasteiger partial charge in [0.25, 0.3) is 0 Å². The monoisotopic (exact) mass is 246 g/mol. The molecule has 1 aromatic carbocycles. The fourth-order valence-corrected chi connectivity index (χ4v) is 2.45. The van der Waals surface area contributed by atoms with Crippen molar-refractivity contribution in [2.24, 2.45) is 0 Å². The molecular weight excluding hydrogens is 235 g/mol. The lowest BCUT2D eigenvalue weighted by Crippen LogP contribution is -2.47. The third kappa shape index (κ3) is 2.01. The Balaban J connectivity index is 2.30. The van der Waals surface area contributed by atoms with E-state index in [0.717, 1.165) is 17.7 Å². The van der Waals surface area contributed by atoms with Gasteiger partial charge in [-0.3, -0.25) is 0 Å². The minimum Gasteiger partial charge on any atom is -0.379 e. The highest BCUT2D eigenvalue weighted by Crippen LogP contribution is 2.37. The number of ether oxygens (including phenoxy) is 1. The molecular formula is C11H12ClFOS. The van der Waals surface area contributed by atoms with Crippen LogP contribution < -0.4 is 0 Å². The average molecular weight is 247 g/mol. The Morgan fingerprint density at radius 3 is 2.67 bits per heavy atom. The molecule has 0 N–H and O–H groups in total. The molecule has 1 aliphatic heterocycles. The van der Waals surface area contributed by atoms with Gasteiger partial charge in [-0.25, -0.2) is 4.39 Å². The van der Waals surface area contributed by atoms with Gasteiger partial charge in [-0.1, -0.05) is 17.7 Å². The van der Waals surface area contributed by atoms with Crippen molar-refractivity contribution in [3.05, 3.63) is 34.6 Å². The van der Waals surface area contributed by atoms with Gasteiger partial charge >= 0.3 is 0 Å². The molecule has 0 spiro atoms. The van der Waals surface area contributed by atoms with Gasteiger partial charge in [0.1, 0.15) is 5.82 Å². The van der Waals surface area contributed by atoms with Gasteiger partial charge in [-0.15, -0.1) is 0 Å². The highest BCUT2D eigenvalue weighted by molar-refractivity contribution is 7.80. The molecule has 1 aliphatic rings. The van der Waals surface area contributed by atoms with E-state index >= 15 is 0 Å². The van der Waals surface area contributed by atoms with Crippen molar-refractivity contribution in [3.63, 3.8) is 0 Å². The van der Waals surface area contributed by atoms with E-state index in [0.29, 0.717) is 13.2 Å². The third-order valence-corrected chi connectivity index (χ3v) is 3.39. The standard InChI is InChI=1S/C11H12ClFOS/c12-9-5-8(1-2-10(9)13)11(3-4-15)6-14-7-11/h1-2,5,15H,3-4,6-7H2. The highest BCUT2D eigenvalue weighted by atomic mass is 35.5. The molecule has 82 valence electrons. The summed E-state index contributed by atoms with van der Waals surface area (Å²) in [5.74, 6) is 0.417. The van der Waals surface area contributed by atoms with Gasteiger partial charge in [0.2, 0.25) is 0 Å². The van der Waals surface area contributed by atoms with Crippen LogP contribution in [0.1, 0.15) is 12.0 Å². The number of rotatable bonds is 3. The predicted molar refractivity (Wildman–Crippen MR) is 62.4 cm³/mol. The third-order valence-electron chi connectivity index (χ3n) is 2.88. The number of halogens is 2. The van der Waals surface area contributed by atoms with Crippen molar-refractivity contribution < 1.29 is 9.13 Å². The van der Waals surface area contributed by atoms with Crippen LogP contribution >= 0.6 is 24.2 Å². The SMILES string of the molecule is Fc1ccc(C2(CCS)COC2)cc1Cl. The second-order valence-corrected chi connectivity index (χ2v) is 4.73. The zero-order chi connectivity index (χ0) is 10.9. The van der Waals surface area contributed by atoms with Gasteiger partial charge in [-0.05, 0) is 29.9 Å². The van der Waals surface area contributed by atoms with Crippen LogP contribution in [0, 0.1) is 5.82 Å². The molecule has 4 heteroatoms. The van der Waals surface area contributed by atoms with Crippen molar-refractivity contribution >= 4 is 24.2 Å². The summed E-state index contributed by atoms with van der Waals surface area (Å²) >= 11 is 10.0. The zero-order valence-electron chi connectivity index (χ0n) is 8.17. The quantitative estimate of drug-likeness (QED) is 0.807. The maximum absolute atomic E-state index is 13.0. The largest absolute Gasteiger partial charge is 0.379 e. The maximum atomic E-state index is 13.0. The van der Waals surface area contributed by atoms with Gasteiger partial charge in [0, 0.05) is 5.41 Å². The van der Waals surface area contributed by atoms with E-state index in [2.05, 4.69) is 12.6 Å². The fraction of sp³-hybridized carbons (Fsp3) is 0.455. The van der Waals surface area contributed by atoms with Crippen LogP contribution in [0.15, 0.2) is 18.2 Å². The molecule has 0 aliphatic carbocycles. The Morgan fingerprint density at radius 2 is 2.20 bits per heavy atom. The smallest absolute Gasteiger partial charge is 0.141 e. The van der Waals surface area contributed by atoms with Crippen molar-refractivity contribution in [2.75, 3.05) is 19.0 Å².